The van der Waals surface area contributed by atoms with E-state index in [1.807, 2.05) is 13.2 Å². The second-order valence-corrected chi connectivity index (χ2v) is 6.28. The maximum absolute atomic E-state index is 12.7. The summed E-state index contributed by atoms with van der Waals surface area (Å²) in [5.74, 6) is 1.04. The van der Waals surface area contributed by atoms with Crippen molar-refractivity contribution in [2.45, 2.75) is 50.6 Å². The number of thioether (sulfide) groups is 1. The minimum absolute atomic E-state index is 0.0117. The van der Waals surface area contributed by atoms with Crippen molar-refractivity contribution < 1.29 is 9.59 Å². The molecule has 102 valence electrons. The van der Waals surface area contributed by atoms with Crippen LogP contribution in [-0.4, -0.2) is 46.8 Å². The molecule has 18 heavy (non-hydrogen) atoms. The molecule has 2 rings (SSSR count). The van der Waals surface area contributed by atoms with E-state index in [0.717, 1.165) is 31.4 Å². The molecule has 1 atom stereocenters. The lowest BCUT2D eigenvalue weighted by Crippen LogP contribution is -2.70. The van der Waals surface area contributed by atoms with E-state index in [2.05, 4.69) is 5.32 Å². The Hall–Kier alpha value is -0.710. The lowest BCUT2D eigenvalue weighted by Gasteiger charge is -2.46. The van der Waals surface area contributed by atoms with Gasteiger partial charge in [0.2, 0.25) is 11.8 Å². The second-order valence-electron chi connectivity index (χ2n) is 5.30. The van der Waals surface area contributed by atoms with Crippen LogP contribution in [0.4, 0.5) is 0 Å². The first kappa shape index (κ1) is 13.7. The number of hydrogen-bond acceptors (Lipinski definition) is 3. The van der Waals surface area contributed by atoms with Crippen LogP contribution in [0.15, 0.2) is 0 Å². The van der Waals surface area contributed by atoms with Gasteiger partial charge in [0.15, 0.2) is 0 Å². The van der Waals surface area contributed by atoms with E-state index in [1.54, 1.807) is 16.7 Å². The van der Waals surface area contributed by atoms with Crippen LogP contribution in [0.25, 0.3) is 0 Å². The largest absolute Gasteiger partial charge is 0.340 e. The average Bonchev–Trinajstić information content (AvgIpc) is 2.38. The van der Waals surface area contributed by atoms with Crippen molar-refractivity contribution in [1.82, 2.24) is 10.2 Å². The van der Waals surface area contributed by atoms with Crippen LogP contribution in [-0.2, 0) is 9.59 Å². The van der Waals surface area contributed by atoms with E-state index in [1.165, 1.54) is 6.42 Å². The van der Waals surface area contributed by atoms with E-state index in [0.29, 0.717) is 6.54 Å². The summed E-state index contributed by atoms with van der Waals surface area (Å²) < 4.78 is 0. The van der Waals surface area contributed by atoms with Gasteiger partial charge in [0.25, 0.3) is 0 Å². The van der Waals surface area contributed by atoms with Crippen LogP contribution in [0, 0.1) is 0 Å². The fourth-order valence-corrected chi connectivity index (χ4v) is 3.34. The van der Waals surface area contributed by atoms with Crippen LogP contribution in [0.1, 0.15) is 39.0 Å². The number of hydrogen-bond donors (Lipinski definition) is 1. The monoisotopic (exact) mass is 270 g/mol. The van der Waals surface area contributed by atoms with E-state index >= 15 is 0 Å². The summed E-state index contributed by atoms with van der Waals surface area (Å²) in [6, 6.07) is -0.322. The number of carbonyl (C=O) groups is 2. The normalized spacial score (nSPS) is 27.4. The number of rotatable bonds is 3. The minimum Gasteiger partial charge on any atom is -0.340 e. The highest BCUT2D eigenvalue weighted by molar-refractivity contribution is 7.98. The highest BCUT2D eigenvalue weighted by Crippen LogP contribution is 2.33. The van der Waals surface area contributed by atoms with E-state index < -0.39 is 5.54 Å². The third kappa shape index (κ3) is 2.37. The summed E-state index contributed by atoms with van der Waals surface area (Å²) in [4.78, 5) is 26.5. The molecule has 0 aromatic carbocycles. The highest BCUT2D eigenvalue weighted by Gasteiger charge is 2.49. The zero-order valence-electron chi connectivity index (χ0n) is 11.2. The molecule has 0 aromatic rings. The molecule has 5 heteroatoms. The quantitative estimate of drug-likeness (QED) is 0.843. The van der Waals surface area contributed by atoms with Gasteiger partial charge < -0.3 is 10.2 Å². The average molecular weight is 270 g/mol. The van der Waals surface area contributed by atoms with Crippen molar-refractivity contribution in [1.29, 1.82) is 0 Å². The maximum atomic E-state index is 12.7. The lowest BCUT2D eigenvalue weighted by molar-refractivity contribution is -0.155. The van der Waals surface area contributed by atoms with Gasteiger partial charge in [0.05, 0.1) is 0 Å². The molecule has 2 fully saturated rings. The zero-order valence-corrected chi connectivity index (χ0v) is 12.0. The Balaban J connectivity index is 2.18. The van der Waals surface area contributed by atoms with Crippen LogP contribution < -0.4 is 5.32 Å². The van der Waals surface area contributed by atoms with Gasteiger partial charge in [-0.25, -0.2) is 0 Å². The van der Waals surface area contributed by atoms with E-state index in [9.17, 15) is 9.59 Å². The Morgan fingerprint density at radius 1 is 1.33 bits per heavy atom. The SMILES string of the molecule is CSCCN1C(=O)C2(CCCCC2)NC(=O)C1C. The smallest absolute Gasteiger partial charge is 0.249 e. The number of nitrogens with zero attached hydrogens (tertiary/aromatic N) is 1. The van der Waals surface area contributed by atoms with Crippen molar-refractivity contribution in [3.05, 3.63) is 0 Å². The molecule has 0 aromatic heterocycles. The molecular weight excluding hydrogens is 248 g/mol. The third-order valence-corrected chi connectivity index (χ3v) is 4.71. The van der Waals surface area contributed by atoms with Crippen LogP contribution >= 0.6 is 11.8 Å². The van der Waals surface area contributed by atoms with Gasteiger partial charge in [-0.3, -0.25) is 9.59 Å². The van der Waals surface area contributed by atoms with Crippen LogP contribution in [0.2, 0.25) is 0 Å². The van der Waals surface area contributed by atoms with E-state index in [-0.39, 0.29) is 17.9 Å². The Kier molecular flexibility index (Phi) is 4.20. The standard InChI is InChI=1S/C13H22N2O2S/c1-10-11(16)14-13(6-4-3-5-7-13)12(17)15(10)8-9-18-2/h10H,3-9H2,1-2H3,(H,14,16). The topological polar surface area (TPSA) is 49.4 Å². The minimum atomic E-state index is -0.583. The van der Waals surface area contributed by atoms with Crippen molar-refractivity contribution in [3.8, 4) is 0 Å². The first-order valence-electron chi connectivity index (χ1n) is 6.73. The summed E-state index contributed by atoms with van der Waals surface area (Å²) in [6.07, 6.45) is 6.88. The summed E-state index contributed by atoms with van der Waals surface area (Å²) in [6.45, 7) is 2.50. The Bertz CT molecular complexity index is 340. The third-order valence-electron chi connectivity index (χ3n) is 4.12. The first-order chi connectivity index (χ1) is 8.60. The van der Waals surface area contributed by atoms with Gasteiger partial charge >= 0.3 is 0 Å². The summed E-state index contributed by atoms with van der Waals surface area (Å²) in [5, 5.41) is 3.00. The second kappa shape index (κ2) is 5.51. The Morgan fingerprint density at radius 3 is 2.61 bits per heavy atom. The van der Waals surface area contributed by atoms with Crippen molar-refractivity contribution in [2.75, 3.05) is 18.6 Å². The Labute approximate surface area is 113 Å². The fraction of sp³-hybridized carbons (Fsp3) is 0.846. The molecule has 0 bridgehead atoms. The van der Waals surface area contributed by atoms with E-state index in [4.69, 9.17) is 0 Å². The molecule has 1 saturated carbocycles. The zero-order chi connectivity index (χ0) is 13.2. The molecule has 1 heterocycles. The predicted octanol–water partition coefficient (Wildman–Crippen LogP) is 1.40. The van der Waals surface area contributed by atoms with Gasteiger partial charge in [-0.2, -0.15) is 11.8 Å². The molecule has 1 N–H and O–H groups in total. The first-order valence-corrected chi connectivity index (χ1v) is 8.12. The fourth-order valence-electron chi connectivity index (χ4n) is 2.97. The molecule has 4 nitrogen and oxygen atoms in total. The van der Waals surface area contributed by atoms with Crippen LogP contribution in [0.5, 0.6) is 0 Å². The van der Waals surface area contributed by atoms with Crippen LogP contribution in [0.3, 0.4) is 0 Å². The summed E-state index contributed by atoms with van der Waals surface area (Å²) in [5.41, 5.74) is -0.583. The van der Waals surface area contributed by atoms with Gasteiger partial charge in [0.1, 0.15) is 11.6 Å². The highest BCUT2D eigenvalue weighted by atomic mass is 32.2. The van der Waals surface area contributed by atoms with Crippen molar-refractivity contribution in [3.63, 3.8) is 0 Å². The lowest BCUT2D eigenvalue weighted by atomic mass is 9.78. The van der Waals surface area contributed by atoms with Gasteiger partial charge in [-0.15, -0.1) is 0 Å². The molecule has 2 amide bonds. The van der Waals surface area contributed by atoms with Gasteiger partial charge in [-0.1, -0.05) is 19.3 Å². The molecule has 1 aliphatic carbocycles. The van der Waals surface area contributed by atoms with Gasteiger partial charge in [-0.05, 0) is 26.0 Å². The molecule has 1 saturated heterocycles. The van der Waals surface area contributed by atoms with Crippen molar-refractivity contribution >= 4 is 23.6 Å². The molecule has 0 radical (unpaired) electrons. The molecular formula is C13H22N2O2S. The number of amides is 2. The molecule has 2 aliphatic rings. The summed E-state index contributed by atoms with van der Waals surface area (Å²) in [7, 11) is 0. The molecule has 1 unspecified atom stereocenters. The number of piperazine rings is 1. The maximum Gasteiger partial charge on any atom is 0.249 e. The van der Waals surface area contributed by atoms with Crippen molar-refractivity contribution in [2.24, 2.45) is 0 Å². The van der Waals surface area contributed by atoms with Gasteiger partial charge in [0, 0.05) is 12.3 Å². The molecule has 1 spiro atoms. The Morgan fingerprint density at radius 2 is 2.00 bits per heavy atom. The number of carbonyl (C=O) groups excluding carboxylic acids is 2. The number of nitrogens with one attached hydrogen (secondary N) is 1. The predicted molar refractivity (Wildman–Crippen MR) is 73.5 cm³/mol. The molecule has 1 aliphatic heterocycles. The summed E-state index contributed by atoms with van der Waals surface area (Å²) >= 11 is 1.71.